The van der Waals surface area contributed by atoms with Crippen molar-refractivity contribution in [2.75, 3.05) is 37.9 Å². The van der Waals surface area contributed by atoms with Gasteiger partial charge in [-0.2, -0.15) is 0 Å². The number of quaternary nitrogens is 1. The number of carbonyl (C=O) groups excluding carboxylic acids is 3. The third-order valence-corrected chi connectivity index (χ3v) is 6.36. The van der Waals surface area contributed by atoms with Crippen molar-refractivity contribution >= 4 is 39.8 Å². The number of thiophene rings is 1. The van der Waals surface area contributed by atoms with Crippen LogP contribution in [0.1, 0.15) is 34.1 Å². The van der Waals surface area contributed by atoms with Gasteiger partial charge in [-0.25, -0.2) is 9.18 Å². The first-order valence-corrected chi connectivity index (χ1v) is 11.0. The average molecular weight is 449 g/mol. The standard InChI is InChI=1S/C22H26FN3O4S/c1-13-7-8-16-17(9-13)31-21(20(16)22(29)30-3)25-19(28)12-26(2)11-18(27)24-15-6-4-5-14(23)10-15/h4-6,10,13H,7-9,11-12H2,1-3H3,(H,24,27)(H,25,28)/p+1/t13-/m1/s1. The number of ether oxygens (including phenoxy) is 1. The van der Waals surface area contributed by atoms with E-state index in [2.05, 4.69) is 17.6 Å². The highest BCUT2D eigenvalue weighted by Gasteiger charge is 2.29. The number of hydrogen-bond donors (Lipinski definition) is 3. The normalized spacial score (nSPS) is 16.2. The van der Waals surface area contributed by atoms with Crippen molar-refractivity contribution in [2.45, 2.75) is 26.2 Å². The van der Waals surface area contributed by atoms with Crippen LogP contribution in [-0.4, -0.2) is 45.0 Å². The maximum absolute atomic E-state index is 13.2. The van der Waals surface area contributed by atoms with E-state index in [9.17, 15) is 18.8 Å². The third-order valence-electron chi connectivity index (χ3n) is 5.19. The van der Waals surface area contributed by atoms with Crippen molar-refractivity contribution in [1.82, 2.24) is 0 Å². The number of likely N-dealkylation sites (N-methyl/N-ethyl adjacent to an activating group) is 1. The van der Waals surface area contributed by atoms with E-state index in [1.165, 1.54) is 36.6 Å². The van der Waals surface area contributed by atoms with Gasteiger partial charge in [0.15, 0.2) is 13.1 Å². The second kappa shape index (κ2) is 10.0. The number of esters is 1. The first-order chi connectivity index (χ1) is 14.8. The first kappa shape index (κ1) is 22.9. The van der Waals surface area contributed by atoms with Gasteiger partial charge in [0, 0.05) is 10.6 Å². The molecule has 2 aromatic rings. The van der Waals surface area contributed by atoms with Crippen LogP contribution in [-0.2, 0) is 27.2 Å². The molecule has 1 aliphatic rings. The number of anilines is 2. The molecule has 0 fully saturated rings. The summed E-state index contributed by atoms with van der Waals surface area (Å²) in [5, 5.41) is 5.96. The zero-order chi connectivity index (χ0) is 22.5. The Hall–Kier alpha value is -2.78. The smallest absolute Gasteiger partial charge is 0.341 e. The highest BCUT2D eigenvalue weighted by Crippen LogP contribution is 2.39. The Kier molecular flexibility index (Phi) is 7.40. The molecule has 1 aliphatic carbocycles. The number of rotatable bonds is 7. The Morgan fingerprint density at radius 1 is 1.23 bits per heavy atom. The summed E-state index contributed by atoms with van der Waals surface area (Å²) in [6, 6.07) is 5.63. The topological polar surface area (TPSA) is 88.9 Å². The van der Waals surface area contributed by atoms with Crippen LogP contribution >= 0.6 is 11.3 Å². The number of methoxy groups -OCH3 is 1. The van der Waals surface area contributed by atoms with Crippen LogP contribution in [0, 0.1) is 11.7 Å². The Morgan fingerprint density at radius 2 is 1.94 bits per heavy atom. The summed E-state index contributed by atoms with van der Waals surface area (Å²) in [4.78, 5) is 38.9. The van der Waals surface area contributed by atoms with E-state index in [-0.39, 0.29) is 24.9 Å². The summed E-state index contributed by atoms with van der Waals surface area (Å²) in [6.45, 7) is 2.24. The molecule has 2 amide bonds. The molecule has 3 rings (SSSR count). The van der Waals surface area contributed by atoms with Gasteiger partial charge >= 0.3 is 5.97 Å². The predicted molar refractivity (Wildman–Crippen MR) is 117 cm³/mol. The van der Waals surface area contributed by atoms with Crippen LogP contribution in [0.4, 0.5) is 15.1 Å². The molecule has 3 N–H and O–H groups in total. The Labute approximate surface area is 184 Å². The van der Waals surface area contributed by atoms with Gasteiger partial charge in [0.25, 0.3) is 11.8 Å². The zero-order valence-electron chi connectivity index (χ0n) is 17.8. The molecule has 0 bridgehead atoms. The number of benzene rings is 1. The van der Waals surface area contributed by atoms with Gasteiger partial charge in [-0.3, -0.25) is 9.59 Å². The predicted octanol–water partition coefficient (Wildman–Crippen LogP) is 1.89. The van der Waals surface area contributed by atoms with Gasteiger partial charge in [0.1, 0.15) is 10.8 Å². The minimum atomic E-state index is -0.447. The molecule has 31 heavy (non-hydrogen) atoms. The lowest BCUT2D eigenvalue weighted by molar-refractivity contribution is -0.862. The fourth-order valence-corrected chi connectivity index (χ4v) is 5.12. The molecule has 0 saturated carbocycles. The lowest BCUT2D eigenvalue weighted by atomic mass is 9.88. The molecule has 2 atom stereocenters. The van der Waals surface area contributed by atoms with Gasteiger partial charge in [0.05, 0.1) is 19.7 Å². The summed E-state index contributed by atoms with van der Waals surface area (Å²) >= 11 is 1.43. The maximum Gasteiger partial charge on any atom is 0.341 e. The van der Waals surface area contributed by atoms with Crippen molar-refractivity contribution in [3.8, 4) is 0 Å². The van der Waals surface area contributed by atoms with E-state index in [1.807, 2.05) is 0 Å². The van der Waals surface area contributed by atoms with E-state index in [0.29, 0.717) is 27.1 Å². The van der Waals surface area contributed by atoms with Crippen LogP contribution in [0.3, 0.4) is 0 Å². The molecular formula is C22H27FN3O4S+. The minimum Gasteiger partial charge on any atom is -0.465 e. The number of carbonyl (C=O) groups is 3. The fraction of sp³-hybridized carbons (Fsp3) is 0.409. The summed E-state index contributed by atoms with van der Waals surface area (Å²) in [5.74, 6) is -0.975. The Balaban J connectivity index is 1.61. The summed E-state index contributed by atoms with van der Waals surface area (Å²) in [7, 11) is 3.05. The molecule has 1 heterocycles. The fourth-order valence-electron chi connectivity index (χ4n) is 3.71. The number of fused-ring (bicyclic) bond motifs is 1. The van der Waals surface area contributed by atoms with Crippen molar-refractivity contribution in [3.63, 3.8) is 0 Å². The molecule has 7 nitrogen and oxygen atoms in total. The largest absolute Gasteiger partial charge is 0.465 e. The SMILES string of the molecule is COC(=O)c1c(NC(=O)C[NH+](C)CC(=O)Nc2cccc(F)c2)sc2c1CC[C@@H](C)C2. The molecule has 0 radical (unpaired) electrons. The molecule has 1 aromatic heterocycles. The number of nitrogens with one attached hydrogen (secondary N) is 3. The number of amides is 2. The van der Waals surface area contributed by atoms with Gasteiger partial charge in [-0.05, 0) is 48.9 Å². The van der Waals surface area contributed by atoms with Crippen LogP contribution in [0.15, 0.2) is 24.3 Å². The Bertz CT molecular complexity index is 991. The molecule has 1 unspecified atom stereocenters. The van der Waals surface area contributed by atoms with E-state index in [4.69, 9.17) is 4.74 Å². The number of halogens is 1. The molecule has 0 saturated heterocycles. The molecular weight excluding hydrogens is 421 g/mol. The van der Waals surface area contributed by atoms with E-state index >= 15 is 0 Å². The van der Waals surface area contributed by atoms with E-state index in [0.717, 1.165) is 29.7 Å². The molecule has 0 spiro atoms. The summed E-state index contributed by atoms with van der Waals surface area (Å²) < 4.78 is 18.2. The van der Waals surface area contributed by atoms with Crippen molar-refractivity contribution in [2.24, 2.45) is 5.92 Å². The summed E-state index contributed by atoms with van der Waals surface area (Å²) in [6.07, 6.45) is 2.67. The summed E-state index contributed by atoms with van der Waals surface area (Å²) in [5.41, 5.74) is 1.79. The second-order valence-electron chi connectivity index (χ2n) is 7.96. The average Bonchev–Trinajstić information content (AvgIpc) is 3.03. The lowest BCUT2D eigenvalue weighted by Crippen LogP contribution is -3.11. The van der Waals surface area contributed by atoms with Gasteiger partial charge < -0.3 is 20.3 Å². The molecule has 1 aromatic carbocycles. The maximum atomic E-state index is 13.2. The van der Waals surface area contributed by atoms with Gasteiger partial charge in [-0.1, -0.05) is 13.0 Å². The second-order valence-corrected chi connectivity index (χ2v) is 9.07. The lowest BCUT2D eigenvalue weighted by Gasteiger charge is -2.18. The third kappa shape index (κ3) is 5.89. The quantitative estimate of drug-likeness (QED) is 0.565. The van der Waals surface area contributed by atoms with E-state index < -0.39 is 11.8 Å². The van der Waals surface area contributed by atoms with Crippen molar-refractivity contribution < 1.29 is 28.4 Å². The highest BCUT2D eigenvalue weighted by molar-refractivity contribution is 7.17. The van der Waals surface area contributed by atoms with Gasteiger partial charge in [0.2, 0.25) is 0 Å². The number of hydrogen-bond acceptors (Lipinski definition) is 5. The zero-order valence-corrected chi connectivity index (χ0v) is 18.7. The molecule has 166 valence electrons. The van der Waals surface area contributed by atoms with E-state index in [1.54, 1.807) is 13.1 Å². The van der Waals surface area contributed by atoms with Crippen LogP contribution in [0.25, 0.3) is 0 Å². The highest BCUT2D eigenvalue weighted by atomic mass is 32.1. The van der Waals surface area contributed by atoms with Crippen LogP contribution < -0.4 is 15.5 Å². The van der Waals surface area contributed by atoms with Crippen LogP contribution in [0.2, 0.25) is 0 Å². The van der Waals surface area contributed by atoms with Crippen molar-refractivity contribution in [3.05, 3.63) is 46.1 Å². The Morgan fingerprint density at radius 3 is 2.61 bits per heavy atom. The minimum absolute atomic E-state index is 0.0340. The molecule has 0 aliphatic heterocycles. The van der Waals surface area contributed by atoms with Crippen LogP contribution in [0.5, 0.6) is 0 Å². The molecule has 9 heteroatoms. The van der Waals surface area contributed by atoms with Gasteiger partial charge in [-0.15, -0.1) is 11.3 Å². The van der Waals surface area contributed by atoms with Crippen molar-refractivity contribution in [1.29, 1.82) is 0 Å². The first-order valence-electron chi connectivity index (χ1n) is 10.2. The monoisotopic (exact) mass is 448 g/mol.